The molecule has 4 aromatic rings. The van der Waals surface area contributed by atoms with Crippen LogP contribution < -0.4 is 9.64 Å². The van der Waals surface area contributed by atoms with Crippen LogP contribution in [0.3, 0.4) is 0 Å². The van der Waals surface area contributed by atoms with Crippen LogP contribution in [0.15, 0.2) is 36.5 Å². The Hall–Kier alpha value is -2.97. The highest BCUT2D eigenvalue weighted by atomic mass is 32.1. The van der Waals surface area contributed by atoms with Gasteiger partial charge in [0.05, 0.1) is 17.5 Å². The molecular formula is C24H29N5O2S. The van der Waals surface area contributed by atoms with Crippen molar-refractivity contribution in [3.8, 4) is 5.75 Å². The third-order valence-corrected chi connectivity index (χ3v) is 7.04. The lowest BCUT2D eigenvalue weighted by atomic mass is 10.2. The van der Waals surface area contributed by atoms with Crippen LogP contribution in [-0.4, -0.2) is 58.5 Å². The largest absolute Gasteiger partial charge is 0.494 e. The second-order valence-corrected chi connectivity index (χ2v) is 8.69. The maximum Gasteiger partial charge on any atom is 0.279 e. The number of benzene rings is 1. The fraction of sp³-hybridized carbons (Fsp3) is 0.375. The summed E-state index contributed by atoms with van der Waals surface area (Å²) in [5.41, 5.74) is 3.96. The number of aryl methyl sites for hydroxylation is 2. The van der Waals surface area contributed by atoms with E-state index < -0.39 is 0 Å². The highest BCUT2D eigenvalue weighted by molar-refractivity contribution is 7.22. The van der Waals surface area contributed by atoms with Gasteiger partial charge in [0.25, 0.3) is 5.91 Å². The van der Waals surface area contributed by atoms with E-state index in [-0.39, 0.29) is 5.91 Å². The zero-order chi connectivity index (χ0) is 22.8. The van der Waals surface area contributed by atoms with E-state index in [9.17, 15) is 4.79 Å². The van der Waals surface area contributed by atoms with Crippen molar-refractivity contribution < 1.29 is 9.53 Å². The van der Waals surface area contributed by atoms with Gasteiger partial charge in [0, 0.05) is 19.3 Å². The Labute approximate surface area is 192 Å². The molecule has 168 valence electrons. The lowest BCUT2D eigenvalue weighted by molar-refractivity contribution is 0.0977. The Balaban J connectivity index is 1.82. The van der Waals surface area contributed by atoms with Crippen LogP contribution in [0.1, 0.15) is 35.6 Å². The van der Waals surface area contributed by atoms with Crippen LogP contribution in [0, 0.1) is 13.8 Å². The summed E-state index contributed by atoms with van der Waals surface area (Å²) in [6, 6.07) is 9.71. The van der Waals surface area contributed by atoms with E-state index in [1.165, 1.54) is 11.3 Å². The van der Waals surface area contributed by atoms with Gasteiger partial charge in [0.15, 0.2) is 5.13 Å². The molecule has 0 radical (unpaired) electrons. The molecule has 0 fully saturated rings. The van der Waals surface area contributed by atoms with Crippen molar-refractivity contribution >= 4 is 38.2 Å². The summed E-state index contributed by atoms with van der Waals surface area (Å²) in [4.78, 5) is 27.5. The zero-order valence-electron chi connectivity index (χ0n) is 19.3. The number of rotatable bonds is 8. The van der Waals surface area contributed by atoms with Crippen molar-refractivity contribution in [3.63, 3.8) is 0 Å². The number of nitrogens with zero attached hydrogens (tertiary/aromatic N) is 5. The third kappa shape index (κ3) is 3.96. The molecule has 4 rings (SSSR count). The average molecular weight is 452 g/mol. The van der Waals surface area contributed by atoms with Gasteiger partial charge in [-0.25, -0.2) is 9.97 Å². The number of hydrogen-bond acceptors (Lipinski definition) is 6. The minimum absolute atomic E-state index is 0.0935. The molecule has 32 heavy (non-hydrogen) atoms. The number of pyridine rings is 1. The maximum atomic E-state index is 13.9. The van der Waals surface area contributed by atoms with Gasteiger partial charge in [-0.2, -0.15) is 0 Å². The van der Waals surface area contributed by atoms with E-state index in [1.807, 2.05) is 47.9 Å². The highest BCUT2D eigenvalue weighted by Crippen LogP contribution is 2.37. The number of likely N-dealkylation sites (N-methyl/N-ethyl adjacent to an activating group) is 1. The summed E-state index contributed by atoms with van der Waals surface area (Å²) < 4.78 is 8.44. The number of hydrogen-bond donors (Lipinski definition) is 0. The first kappa shape index (κ1) is 22.2. The van der Waals surface area contributed by atoms with Crippen LogP contribution in [0.5, 0.6) is 5.75 Å². The summed E-state index contributed by atoms with van der Waals surface area (Å²) in [6.07, 6.45) is 1.89. The van der Waals surface area contributed by atoms with E-state index in [2.05, 4.69) is 30.7 Å². The topological polar surface area (TPSA) is 63.0 Å². The van der Waals surface area contributed by atoms with Gasteiger partial charge in [0.1, 0.15) is 22.6 Å². The Kier molecular flexibility index (Phi) is 6.43. The summed E-state index contributed by atoms with van der Waals surface area (Å²) >= 11 is 1.53. The molecule has 0 N–H and O–H groups in total. The summed E-state index contributed by atoms with van der Waals surface area (Å²) in [6.45, 7) is 11.4. The lowest BCUT2D eigenvalue weighted by Crippen LogP contribution is -2.39. The molecule has 0 saturated heterocycles. The molecule has 7 nitrogen and oxygen atoms in total. The van der Waals surface area contributed by atoms with E-state index in [0.717, 1.165) is 46.8 Å². The maximum absolute atomic E-state index is 13.9. The van der Waals surface area contributed by atoms with Crippen LogP contribution in [0.2, 0.25) is 0 Å². The molecule has 0 saturated carbocycles. The van der Waals surface area contributed by atoms with Crippen molar-refractivity contribution in [2.24, 2.45) is 0 Å². The molecule has 0 aliphatic rings. The Morgan fingerprint density at radius 1 is 1.09 bits per heavy atom. The molecule has 0 atom stereocenters. The van der Waals surface area contributed by atoms with E-state index in [0.29, 0.717) is 23.1 Å². The van der Waals surface area contributed by atoms with Gasteiger partial charge in [-0.3, -0.25) is 14.1 Å². The number of imidazole rings is 1. The minimum atomic E-state index is -0.0935. The fourth-order valence-corrected chi connectivity index (χ4v) is 5.02. The standard InChI is InChI=1S/C24H29N5O2S/c1-6-27(7-2)14-15-29(23(30)21-17(4)25-19-10-8-9-13-28(19)21)24-26-20-18(31-5)12-11-16(3)22(20)32-24/h8-13H,6-7,14-15H2,1-5H3. The van der Waals surface area contributed by atoms with Crippen molar-refractivity contribution in [1.29, 1.82) is 0 Å². The van der Waals surface area contributed by atoms with Crippen molar-refractivity contribution in [2.45, 2.75) is 27.7 Å². The number of carbonyl (C=O) groups is 1. The summed E-state index contributed by atoms with van der Waals surface area (Å²) in [7, 11) is 1.65. The molecule has 1 aromatic carbocycles. The Morgan fingerprint density at radius 3 is 2.59 bits per heavy atom. The fourth-order valence-electron chi connectivity index (χ4n) is 3.94. The van der Waals surface area contributed by atoms with Gasteiger partial charge in [-0.1, -0.05) is 37.3 Å². The minimum Gasteiger partial charge on any atom is -0.494 e. The zero-order valence-corrected chi connectivity index (χ0v) is 20.1. The van der Waals surface area contributed by atoms with Crippen LogP contribution >= 0.6 is 11.3 Å². The Bertz CT molecular complexity index is 1260. The number of fused-ring (bicyclic) bond motifs is 2. The molecule has 0 aliphatic heterocycles. The number of aromatic nitrogens is 3. The number of methoxy groups -OCH3 is 1. The van der Waals surface area contributed by atoms with Gasteiger partial charge in [-0.15, -0.1) is 0 Å². The van der Waals surface area contributed by atoms with Gasteiger partial charge < -0.3 is 9.64 Å². The number of carbonyl (C=O) groups excluding carboxylic acids is 1. The van der Waals surface area contributed by atoms with Crippen LogP contribution in [0.25, 0.3) is 15.9 Å². The number of anilines is 1. The second kappa shape index (κ2) is 9.26. The van der Waals surface area contributed by atoms with Gasteiger partial charge in [0.2, 0.25) is 0 Å². The molecule has 3 aromatic heterocycles. The summed E-state index contributed by atoms with van der Waals surface area (Å²) in [5, 5.41) is 0.676. The number of amides is 1. The van der Waals surface area contributed by atoms with Crippen molar-refractivity contribution in [3.05, 3.63) is 53.5 Å². The van der Waals surface area contributed by atoms with Crippen molar-refractivity contribution in [2.75, 3.05) is 38.2 Å². The predicted octanol–water partition coefficient (Wildman–Crippen LogP) is 4.56. The molecule has 0 aliphatic carbocycles. The third-order valence-electron chi connectivity index (χ3n) is 5.83. The molecule has 0 bridgehead atoms. The first-order valence-electron chi connectivity index (χ1n) is 10.9. The molecule has 0 spiro atoms. The second-order valence-electron chi connectivity index (χ2n) is 7.72. The molecular weight excluding hydrogens is 422 g/mol. The molecule has 1 amide bonds. The number of ether oxygens (including phenoxy) is 1. The molecule has 0 unspecified atom stereocenters. The lowest BCUT2D eigenvalue weighted by Gasteiger charge is -2.24. The molecule has 3 heterocycles. The smallest absolute Gasteiger partial charge is 0.279 e. The van der Waals surface area contributed by atoms with Gasteiger partial charge >= 0.3 is 0 Å². The van der Waals surface area contributed by atoms with Gasteiger partial charge in [-0.05, 0) is 50.7 Å². The first-order valence-corrected chi connectivity index (χ1v) is 11.7. The quantitative estimate of drug-likeness (QED) is 0.393. The Morgan fingerprint density at radius 2 is 1.88 bits per heavy atom. The van der Waals surface area contributed by atoms with Crippen LogP contribution in [0.4, 0.5) is 5.13 Å². The van der Waals surface area contributed by atoms with E-state index in [1.54, 1.807) is 12.0 Å². The van der Waals surface area contributed by atoms with E-state index in [4.69, 9.17) is 9.72 Å². The average Bonchev–Trinajstić information content (AvgIpc) is 3.38. The monoisotopic (exact) mass is 451 g/mol. The van der Waals surface area contributed by atoms with Crippen LogP contribution in [-0.2, 0) is 0 Å². The number of thiazole rings is 1. The predicted molar refractivity (Wildman–Crippen MR) is 130 cm³/mol. The SMILES string of the molecule is CCN(CC)CCN(C(=O)c1c(C)nc2ccccn12)c1nc2c(OC)ccc(C)c2s1. The van der Waals surface area contributed by atoms with E-state index >= 15 is 0 Å². The molecule has 8 heteroatoms. The highest BCUT2D eigenvalue weighted by Gasteiger charge is 2.27. The summed E-state index contributed by atoms with van der Waals surface area (Å²) in [5.74, 6) is 0.624. The normalized spacial score (nSPS) is 11.6. The van der Waals surface area contributed by atoms with Crippen molar-refractivity contribution in [1.82, 2.24) is 19.3 Å². The first-order chi connectivity index (χ1) is 15.5.